The van der Waals surface area contributed by atoms with Gasteiger partial charge in [0.05, 0.1) is 35.8 Å². The van der Waals surface area contributed by atoms with Crippen LogP contribution in [0, 0.1) is 5.82 Å². The number of alkyl halides is 2. The molecule has 3 saturated heterocycles. The summed E-state index contributed by atoms with van der Waals surface area (Å²) in [6.45, 7) is 0.660. The molecule has 3 fully saturated rings. The molecule has 3 aromatic heterocycles. The maximum Gasteiger partial charge on any atom is 0.508 e. The van der Waals surface area contributed by atoms with Gasteiger partial charge in [0.25, 0.3) is 0 Å². The van der Waals surface area contributed by atoms with E-state index in [1.54, 1.807) is 17.2 Å². The van der Waals surface area contributed by atoms with Gasteiger partial charge in [0.1, 0.15) is 36.5 Å². The molecule has 5 aliphatic heterocycles. The van der Waals surface area contributed by atoms with E-state index < -0.39 is 36.0 Å². The van der Waals surface area contributed by atoms with Gasteiger partial charge in [0, 0.05) is 41.7 Å². The molecular weight excluding hydrogens is 651 g/mol. The second-order valence-corrected chi connectivity index (χ2v) is 13.8. The molecule has 0 spiro atoms. The molecule has 1 aromatic carbocycles. The van der Waals surface area contributed by atoms with Gasteiger partial charge in [0.15, 0.2) is 11.4 Å². The molecule has 1 unspecified atom stereocenters. The minimum absolute atomic E-state index is 0.0139. The van der Waals surface area contributed by atoms with Crippen molar-refractivity contribution in [3.63, 3.8) is 0 Å². The van der Waals surface area contributed by atoms with Crippen LogP contribution in [0.4, 0.5) is 23.8 Å². The van der Waals surface area contributed by atoms with Crippen molar-refractivity contribution in [1.29, 1.82) is 0 Å². The van der Waals surface area contributed by atoms with Crippen LogP contribution >= 0.6 is 11.6 Å². The summed E-state index contributed by atoms with van der Waals surface area (Å²) >= 11 is 6.76. The lowest BCUT2D eigenvalue weighted by Crippen LogP contribution is -2.47. The summed E-state index contributed by atoms with van der Waals surface area (Å²) in [5.41, 5.74) is -0.407. The van der Waals surface area contributed by atoms with E-state index in [9.17, 15) is 13.6 Å². The number of H-pyrrole nitrogens is 1. The number of fused-ring (bicyclic) bond motifs is 8. The monoisotopic (exact) mass is 685 g/mol. The molecule has 9 rings (SSSR count). The lowest BCUT2D eigenvalue weighted by Gasteiger charge is -2.34. The van der Waals surface area contributed by atoms with Crippen LogP contribution in [0.15, 0.2) is 18.5 Å². The third-order valence-corrected chi connectivity index (χ3v) is 10.7. The Labute approximate surface area is 279 Å². The third kappa shape index (κ3) is 5.37. The first kappa shape index (κ1) is 31.4. The second-order valence-electron chi connectivity index (χ2n) is 13.4. The van der Waals surface area contributed by atoms with Crippen molar-refractivity contribution in [2.24, 2.45) is 0 Å². The number of carbonyl (C=O) groups excluding carboxylic acids is 1. The Hall–Kier alpha value is -3.91. The van der Waals surface area contributed by atoms with Crippen LogP contribution in [0.5, 0.6) is 6.01 Å². The maximum absolute atomic E-state index is 17.1. The number of aromatic nitrogens is 5. The van der Waals surface area contributed by atoms with Crippen molar-refractivity contribution in [3.8, 4) is 17.3 Å². The summed E-state index contributed by atoms with van der Waals surface area (Å²) < 4.78 is 63.9. The molecule has 8 heterocycles. The van der Waals surface area contributed by atoms with Crippen LogP contribution in [0.3, 0.4) is 0 Å². The fraction of sp³-hybridized carbons (Fsp3) is 0.545. The van der Waals surface area contributed by atoms with Gasteiger partial charge in [0.2, 0.25) is 0 Å². The topological polar surface area (TPSA) is 119 Å². The standard InChI is InChI=1S/C33H35ClF3N7O4/c34-23-11-24-21(14-39-42-24)25-20(23)5-3-10-46-31(45)48-33(16-35)7-1-2-8-43(17-33)29-22-13-38-28(25)26(37)27(22)40-30(41-29)47-18-32-6-4-9-44(32)15-19(36)12-32/h11,13-14,19H,1-10,12,15-18H2,(H,39,42)/t19-,32+,33?/m1/s1. The summed E-state index contributed by atoms with van der Waals surface area (Å²) in [5, 5.41) is 8.30. The van der Waals surface area contributed by atoms with Crippen molar-refractivity contribution in [2.45, 2.75) is 68.7 Å². The minimum atomic E-state index is -1.51. The predicted octanol–water partition coefficient (Wildman–Crippen LogP) is 6.11. The Morgan fingerprint density at radius 3 is 2.90 bits per heavy atom. The number of anilines is 1. The lowest BCUT2D eigenvalue weighted by atomic mass is 9.95. The number of halogens is 4. The van der Waals surface area contributed by atoms with Crippen LogP contribution in [0.25, 0.3) is 33.1 Å². The number of rotatable bonds is 4. The highest BCUT2D eigenvalue weighted by Gasteiger charge is 2.49. The normalized spacial score (nSPS) is 26.5. The van der Waals surface area contributed by atoms with E-state index in [4.69, 9.17) is 30.8 Å². The van der Waals surface area contributed by atoms with E-state index in [1.165, 1.54) is 6.20 Å². The zero-order valence-electron chi connectivity index (χ0n) is 26.2. The average Bonchev–Trinajstić information content (AvgIpc) is 3.72. The minimum Gasteiger partial charge on any atom is -0.461 e. The van der Waals surface area contributed by atoms with Crippen LogP contribution in [-0.4, -0.2) is 99.6 Å². The van der Waals surface area contributed by atoms with E-state index in [-0.39, 0.29) is 54.6 Å². The summed E-state index contributed by atoms with van der Waals surface area (Å²) in [4.78, 5) is 30.8. The summed E-state index contributed by atoms with van der Waals surface area (Å²) in [5.74, 6) is -0.439. The van der Waals surface area contributed by atoms with Crippen molar-refractivity contribution in [3.05, 3.63) is 34.9 Å². The molecule has 15 heteroatoms. The molecule has 48 heavy (non-hydrogen) atoms. The summed E-state index contributed by atoms with van der Waals surface area (Å²) in [6.07, 6.45) is 5.33. The van der Waals surface area contributed by atoms with E-state index in [0.29, 0.717) is 72.2 Å². The van der Waals surface area contributed by atoms with E-state index in [1.807, 2.05) is 0 Å². The maximum atomic E-state index is 17.1. The van der Waals surface area contributed by atoms with Crippen LogP contribution in [0.1, 0.15) is 50.5 Å². The first-order valence-electron chi connectivity index (χ1n) is 16.5. The molecule has 0 amide bonds. The highest BCUT2D eigenvalue weighted by Crippen LogP contribution is 2.42. The van der Waals surface area contributed by atoms with Gasteiger partial charge in [-0.1, -0.05) is 11.6 Å². The number of ether oxygens (including phenoxy) is 3. The molecule has 0 saturated carbocycles. The quantitative estimate of drug-likeness (QED) is 0.252. The third-order valence-electron chi connectivity index (χ3n) is 10.3. The van der Waals surface area contributed by atoms with Crippen molar-refractivity contribution in [2.75, 3.05) is 51.0 Å². The summed E-state index contributed by atoms with van der Waals surface area (Å²) in [6, 6.07) is 1.62. The Balaban J connectivity index is 1.31. The molecule has 1 N–H and O–H groups in total. The molecule has 4 aromatic rings. The SMILES string of the molecule is O=C1OCCCc2c(Cl)cc3[nH]ncc3c2-c2ncc3c(nc(OC[C@@]45CCCN4C[C@H](F)C5)nc3c2F)N2CCCCC(CF)(C2)O1. The molecule has 5 aliphatic rings. The van der Waals surface area contributed by atoms with Crippen LogP contribution < -0.4 is 9.64 Å². The largest absolute Gasteiger partial charge is 0.508 e. The highest BCUT2D eigenvalue weighted by atomic mass is 35.5. The molecule has 0 aliphatic carbocycles. The van der Waals surface area contributed by atoms with E-state index in [2.05, 4.69) is 25.1 Å². The van der Waals surface area contributed by atoms with Crippen LogP contribution in [-0.2, 0) is 15.9 Å². The molecule has 3 atom stereocenters. The Morgan fingerprint density at radius 2 is 2.02 bits per heavy atom. The number of nitrogens with one attached hydrogen (secondary N) is 1. The first-order chi connectivity index (χ1) is 23.3. The predicted molar refractivity (Wildman–Crippen MR) is 171 cm³/mol. The molecule has 6 bridgehead atoms. The summed E-state index contributed by atoms with van der Waals surface area (Å²) in [7, 11) is 0. The van der Waals surface area contributed by atoms with Gasteiger partial charge in [-0.05, 0) is 63.1 Å². The Kier molecular flexibility index (Phi) is 7.97. The smallest absolute Gasteiger partial charge is 0.461 e. The first-order valence-corrected chi connectivity index (χ1v) is 16.9. The lowest BCUT2D eigenvalue weighted by molar-refractivity contribution is -0.0467. The van der Waals surface area contributed by atoms with Crippen molar-refractivity contribution < 1.29 is 32.2 Å². The number of hydrogen-bond donors (Lipinski definition) is 1. The Bertz CT molecular complexity index is 1900. The number of pyridine rings is 1. The highest BCUT2D eigenvalue weighted by molar-refractivity contribution is 6.33. The Morgan fingerprint density at radius 1 is 1.12 bits per heavy atom. The van der Waals surface area contributed by atoms with Gasteiger partial charge >= 0.3 is 12.2 Å². The number of hydrogen-bond acceptors (Lipinski definition) is 10. The molecular formula is C33H35ClF3N7O4. The molecule has 0 radical (unpaired) electrons. The van der Waals surface area contributed by atoms with Crippen molar-refractivity contribution >= 4 is 45.4 Å². The molecule has 254 valence electrons. The fourth-order valence-corrected chi connectivity index (χ4v) is 8.33. The fourth-order valence-electron chi connectivity index (χ4n) is 8.03. The van der Waals surface area contributed by atoms with Crippen LogP contribution in [0.2, 0.25) is 5.02 Å². The molecule has 11 nitrogen and oxygen atoms in total. The second kappa shape index (κ2) is 12.2. The average molecular weight is 686 g/mol. The van der Waals surface area contributed by atoms with Gasteiger partial charge in [-0.15, -0.1) is 0 Å². The van der Waals surface area contributed by atoms with Crippen molar-refractivity contribution in [1.82, 2.24) is 30.0 Å². The number of nitrogens with zero attached hydrogens (tertiary/aromatic N) is 6. The number of aromatic amines is 1. The zero-order valence-corrected chi connectivity index (χ0v) is 27.0. The number of carbonyl (C=O) groups is 1. The van der Waals surface area contributed by atoms with Gasteiger partial charge < -0.3 is 19.1 Å². The van der Waals surface area contributed by atoms with E-state index in [0.717, 1.165) is 19.4 Å². The van der Waals surface area contributed by atoms with Gasteiger partial charge in [-0.3, -0.25) is 15.0 Å². The van der Waals surface area contributed by atoms with E-state index >= 15 is 4.39 Å². The van der Waals surface area contributed by atoms with Gasteiger partial charge in [-0.25, -0.2) is 18.0 Å². The van der Waals surface area contributed by atoms with Gasteiger partial charge in [-0.2, -0.15) is 15.1 Å². The zero-order chi connectivity index (χ0) is 33.0. The number of benzene rings is 1.